The van der Waals surface area contributed by atoms with Gasteiger partial charge in [0, 0.05) is 20.3 Å². The molecule has 0 radical (unpaired) electrons. The Hall–Kier alpha value is -1.84. The Bertz CT molecular complexity index is 404. The molecule has 0 saturated carbocycles. The van der Waals surface area contributed by atoms with Crippen LogP contribution in [0.4, 0.5) is 11.5 Å². The van der Waals surface area contributed by atoms with Gasteiger partial charge in [-0.2, -0.15) is 5.26 Å². The van der Waals surface area contributed by atoms with E-state index in [1.165, 1.54) is 0 Å². The van der Waals surface area contributed by atoms with Crippen LogP contribution >= 0.6 is 0 Å². The van der Waals surface area contributed by atoms with Crippen LogP contribution in [0.5, 0.6) is 0 Å². The molecular formula is C12H18N4O2. The lowest BCUT2D eigenvalue weighted by atomic mass is 10.3. The molecule has 0 aliphatic rings. The molecule has 3 N–H and O–H groups in total. The summed E-state index contributed by atoms with van der Waals surface area (Å²) in [5.41, 5.74) is 6.22. The highest BCUT2D eigenvalue weighted by Crippen LogP contribution is 2.11. The minimum absolute atomic E-state index is 0.247. The average Bonchev–Trinajstić information content (AvgIpc) is 2.39. The quantitative estimate of drug-likeness (QED) is 0.668. The van der Waals surface area contributed by atoms with Gasteiger partial charge in [0.1, 0.15) is 11.9 Å². The van der Waals surface area contributed by atoms with Crippen LogP contribution in [0.3, 0.4) is 0 Å². The van der Waals surface area contributed by atoms with Gasteiger partial charge in [-0.1, -0.05) is 0 Å². The number of hydrogen-bond acceptors (Lipinski definition) is 6. The second-order valence-electron chi connectivity index (χ2n) is 3.63. The second kappa shape index (κ2) is 8.28. The molecule has 0 fully saturated rings. The number of anilines is 2. The highest BCUT2D eigenvalue weighted by Gasteiger charge is 2.01. The Kier molecular flexibility index (Phi) is 6.54. The fraction of sp³-hybridized carbons (Fsp3) is 0.500. The molecule has 18 heavy (non-hydrogen) atoms. The summed E-state index contributed by atoms with van der Waals surface area (Å²) in [5.74, 6) is 0.651. The van der Waals surface area contributed by atoms with Gasteiger partial charge in [-0.15, -0.1) is 0 Å². The molecule has 0 aliphatic heterocycles. The van der Waals surface area contributed by atoms with E-state index in [-0.39, 0.29) is 5.69 Å². The smallest absolute Gasteiger partial charge is 0.165 e. The normalized spacial score (nSPS) is 10.0. The maximum Gasteiger partial charge on any atom is 0.165 e. The summed E-state index contributed by atoms with van der Waals surface area (Å²) in [6.45, 7) is 2.61. The van der Waals surface area contributed by atoms with Crippen molar-refractivity contribution in [3.63, 3.8) is 0 Å². The van der Waals surface area contributed by atoms with Crippen molar-refractivity contribution in [3.8, 4) is 6.07 Å². The highest BCUT2D eigenvalue weighted by molar-refractivity contribution is 5.54. The molecule has 1 aromatic rings. The van der Waals surface area contributed by atoms with E-state index in [2.05, 4.69) is 10.3 Å². The van der Waals surface area contributed by atoms with Gasteiger partial charge < -0.3 is 20.5 Å². The maximum atomic E-state index is 8.78. The zero-order chi connectivity index (χ0) is 13.2. The van der Waals surface area contributed by atoms with Gasteiger partial charge in [0.05, 0.1) is 18.9 Å². The van der Waals surface area contributed by atoms with Gasteiger partial charge in [-0.05, 0) is 18.6 Å². The van der Waals surface area contributed by atoms with Crippen LogP contribution in [-0.2, 0) is 9.47 Å². The molecule has 0 aliphatic carbocycles. The first-order valence-electron chi connectivity index (χ1n) is 5.75. The molecule has 6 nitrogen and oxygen atoms in total. The summed E-state index contributed by atoms with van der Waals surface area (Å²) in [5, 5.41) is 11.9. The van der Waals surface area contributed by atoms with Gasteiger partial charge in [-0.3, -0.25) is 0 Å². The number of nitrogens with one attached hydrogen (secondary N) is 1. The third-order valence-electron chi connectivity index (χ3n) is 2.24. The molecule has 0 saturated heterocycles. The summed E-state index contributed by atoms with van der Waals surface area (Å²) >= 11 is 0. The molecule has 98 valence electrons. The lowest BCUT2D eigenvalue weighted by molar-refractivity contribution is 0.0705. The van der Waals surface area contributed by atoms with Crippen molar-refractivity contribution in [2.75, 3.05) is 44.5 Å². The standard InChI is InChI=1S/C12H18N4O2/c1-17-7-8-18-6-2-5-15-12-4-3-10(14)11(9-13)16-12/h3-4H,2,5-8,14H2,1H3,(H,15,16). The Morgan fingerprint density at radius 2 is 2.22 bits per heavy atom. The van der Waals surface area contributed by atoms with E-state index < -0.39 is 0 Å². The summed E-state index contributed by atoms with van der Waals surface area (Å²) in [6.07, 6.45) is 0.859. The monoisotopic (exact) mass is 250 g/mol. The second-order valence-corrected chi connectivity index (χ2v) is 3.63. The maximum absolute atomic E-state index is 8.78. The molecule has 0 bridgehead atoms. The van der Waals surface area contributed by atoms with Crippen LogP contribution in [0, 0.1) is 11.3 Å². The van der Waals surface area contributed by atoms with Gasteiger partial charge in [0.2, 0.25) is 0 Å². The van der Waals surface area contributed by atoms with Crippen molar-refractivity contribution in [2.45, 2.75) is 6.42 Å². The summed E-state index contributed by atoms with van der Waals surface area (Å²) < 4.78 is 10.2. The van der Waals surface area contributed by atoms with Crippen LogP contribution in [-0.4, -0.2) is 38.5 Å². The van der Waals surface area contributed by atoms with E-state index >= 15 is 0 Å². The molecular weight excluding hydrogens is 232 g/mol. The predicted octanol–water partition coefficient (Wildman–Crippen LogP) is 1.00. The number of aromatic nitrogens is 1. The number of nitrogens with zero attached hydrogens (tertiary/aromatic N) is 2. The Labute approximate surface area is 107 Å². The Balaban J connectivity index is 2.22. The van der Waals surface area contributed by atoms with Crippen LogP contribution in [0.25, 0.3) is 0 Å². The molecule has 0 atom stereocenters. The molecule has 0 spiro atoms. The number of nitrogen functional groups attached to an aromatic ring is 1. The third kappa shape index (κ3) is 4.99. The fourth-order valence-corrected chi connectivity index (χ4v) is 1.29. The summed E-state index contributed by atoms with van der Waals surface area (Å²) in [4.78, 5) is 4.08. The van der Waals surface area contributed by atoms with Gasteiger partial charge in [-0.25, -0.2) is 4.98 Å². The van der Waals surface area contributed by atoms with Crippen molar-refractivity contribution in [2.24, 2.45) is 0 Å². The lowest BCUT2D eigenvalue weighted by Crippen LogP contribution is -2.09. The van der Waals surface area contributed by atoms with E-state index in [0.717, 1.165) is 13.0 Å². The van der Waals surface area contributed by atoms with E-state index in [1.54, 1.807) is 19.2 Å². The number of methoxy groups -OCH3 is 1. The minimum atomic E-state index is 0.247. The first-order valence-corrected chi connectivity index (χ1v) is 5.75. The van der Waals surface area contributed by atoms with Crippen molar-refractivity contribution in [1.82, 2.24) is 4.98 Å². The average molecular weight is 250 g/mol. The van der Waals surface area contributed by atoms with Gasteiger partial charge >= 0.3 is 0 Å². The predicted molar refractivity (Wildman–Crippen MR) is 69.2 cm³/mol. The van der Waals surface area contributed by atoms with Crippen LogP contribution < -0.4 is 11.1 Å². The Morgan fingerprint density at radius 1 is 1.39 bits per heavy atom. The largest absolute Gasteiger partial charge is 0.396 e. The number of hydrogen-bond donors (Lipinski definition) is 2. The topological polar surface area (TPSA) is 93.2 Å². The van der Waals surface area contributed by atoms with Crippen molar-refractivity contribution in [3.05, 3.63) is 17.8 Å². The summed E-state index contributed by atoms with van der Waals surface area (Å²) in [6, 6.07) is 5.37. The van der Waals surface area contributed by atoms with Gasteiger partial charge in [0.25, 0.3) is 0 Å². The first kappa shape index (κ1) is 14.2. The number of nitriles is 1. The van der Waals surface area contributed by atoms with Crippen molar-refractivity contribution < 1.29 is 9.47 Å². The zero-order valence-electron chi connectivity index (χ0n) is 10.5. The lowest BCUT2D eigenvalue weighted by Gasteiger charge is -2.07. The van der Waals surface area contributed by atoms with Crippen LogP contribution in [0.15, 0.2) is 12.1 Å². The van der Waals surface area contributed by atoms with Crippen molar-refractivity contribution in [1.29, 1.82) is 5.26 Å². The fourth-order valence-electron chi connectivity index (χ4n) is 1.29. The van der Waals surface area contributed by atoms with E-state index in [9.17, 15) is 0 Å². The highest BCUT2D eigenvalue weighted by atomic mass is 16.5. The molecule has 1 heterocycles. The van der Waals surface area contributed by atoms with E-state index in [4.69, 9.17) is 20.5 Å². The molecule has 0 amide bonds. The molecule has 1 rings (SSSR count). The number of nitrogens with two attached hydrogens (primary N) is 1. The molecule has 0 unspecified atom stereocenters. The zero-order valence-corrected chi connectivity index (χ0v) is 10.5. The summed E-state index contributed by atoms with van der Waals surface area (Å²) in [7, 11) is 1.64. The molecule has 0 aromatic carbocycles. The van der Waals surface area contributed by atoms with E-state index in [1.807, 2.05) is 6.07 Å². The van der Waals surface area contributed by atoms with Crippen LogP contribution in [0.1, 0.15) is 12.1 Å². The number of ether oxygens (including phenoxy) is 2. The van der Waals surface area contributed by atoms with Crippen molar-refractivity contribution >= 4 is 11.5 Å². The molecule has 1 aromatic heterocycles. The molecule has 6 heteroatoms. The minimum Gasteiger partial charge on any atom is -0.396 e. The van der Waals surface area contributed by atoms with Crippen LogP contribution in [0.2, 0.25) is 0 Å². The third-order valence-corrected chi connectivity index (χ3v) is 2.24. The SMILES string of the molecule is COCCOCCCNc1ccc(N)c(C#N)n1. The van der Waals surface area contributed by atoms with E-state index in [0.29, 0.717) is 31.3 Å². The van der Waals surface area contributed by atoms with Gasteiger partial charge in [0.15, 0.2) is 5.69 Å². The number of pyridine rings is 1. The Morgan fingerprint density at radius 3 is 2.94 bits per heavy atom. The first-order chi connectivity index (χ1) is 8.77. The number of rotatable bonds is 8.